The minimum atomic E-state index is -4.58. The number of sulfonamides is 1. The summed E-state index contributed by atoms with van der Waals surface area (Å²) in [5, 5.41) is -0.548. The minimum Gasteiger partial charge on any atom is -0.257 e. The lowest BCUT2D eigenvalue weighted by Crippen LogP contribution is -2.30. The summed E-state index contributed by atoms with van der Waals surface area (Å²) in [6, 6.07) is 1.86. The molecule has 4 nitrogen and oxygen atoms in total. The van der Waals surface area contributed by atoms with E-state index in [1.165, 1.54) is 4.83 Å². The molecule has 0 radical (unpaired) electrons. The standard InChI is InChI=1S/C7H6ClF3N2O2S/c8-5-3-4(7(9,10)11)1-2-6(5)16(14,15)13-12/h1-3,13H,12H2. The largest absolute Gasteiger partial charge is 0.416 e. The van der Waals surface area contributed by atoms with Crippen molar-refractivity contribution in [3.05, 3.63) is 28.8 Å². The molecule has 0 fully saturated rings. The van der Waals surface area contributed by atoms with E-state index in [1.54, 1.807) is 0 Å². The van der Waals surface area contributed by atoms with Crippen LogP contribution < -0.4 is 10.7 Å². The molecule has 1 rings (SSSR count). The van der Waals surface area contributed by atoms with Crippen molar-refractivity contribution in [3.8, 4) is 0 Å². The molecule has 0 bridgehead atoms. The number of benzene rings is 1. The molecular weight excluding hydrogens is 269 g/mol. The second-order valence-electron chi connectivity index (χ2n) is 2.76. The zero-order valence-electron chi connectivity index (χ0n) is 7.55. The zero-order chi connectivity index (χ0) is 12.6. The topological polar surface area (TPSA) is 72.2 Å². The highest BCUT2D eigenvalue weighted by Gasteiger charge is 2.31. The zero-order valence-corrected chi connectivity index (χ0v) is 9.12. The molecule has 3 N–H and O–H groups in total. The third-order valence-electron chi connectivity index (χ3n) is 1.70. The number of hydrogen-bond acceptors (Lipinski definition) is 3. The van der Waals surface area contributed by atoms with E-state index < -0.39 is 31.7 Å². The number of alkyl halides is 3. The molecule has 0 aliphatic carbocycles. The second-order valence-corrected chi connectivity index (χ2v) is 4.85. The van der Waals surface area contributed by atoms with Crippen LogP contribution in [0.1, 0.15) is 5.56 Å². The fourth-order valence-corrected chi connectivity index (χ4v) is 2.13. The van der Waals surface area contributed by atoms with Crippen LogP contribution in [0.4, 0.5) is 13.2 Å². The molecule has 0 heterocycles. The Morgan fingerprint density at radius 2 is 1.88 bits per heavy atom. The van der Waals surface area contributed by atoms with Gasteiger partial charge in [-0.3, -0.25) is 5.84 Å². The molecule has 1 aromatic rings. The third kappa shape index (κ3) is 2.64. The van der Waals surface area contributed by atoms with Crippen LogP contribution >= 0.6 is 11.6 Å². The summed E-state index contributed by atoms with van der Waals surface area (Å²) in [7, 11) is -4.06. The van der Waals surface area contributed by atoms with Crippen LogP contribution in [0.25, 0.3) is 0 Å². The smallest absolute Gasteiger partial charge is 0.257 e. The number of hydrogen-bond donors (Lipinski definition) is 2. The highest BCUT2D eigenvalue weighted by Crippen LogP contribution is 2.33. The van der Waals surface area contributed by atoms with Crippen molar-refractivity contribution in [2.75, 3.05) is 0 Å². The molecule has 0 spiro atoms. The van der Waals surface area contributed by atoms with Gasteiger partial charge in [-0.1, -0.05) is 11.6 Å². The number of hydrazine groups is 1. The van der Waals surface area contributed by atoms with Crippen molar-refractivity contribution < 1.29 is 21.6 Å². The first-order valence-corrected chi connectivity index (χ1v) is 5.64. The van der Waals surface area contributed by atoms with Crippen molar-refractivity contribution >= 4 is 21.6 Å². The van der Waals surface area contributed by atoms with Crippen molar-refractivity contribution in [2.24, 2.45) is 5.84 Å². The van der Waals surface area contributed by atoms with Gasteiger partial charge < -0.3 is 0 Å². The quantitative estimate of drug-likeness (QED) is 0.634. The number of halogens is 4. The summed E-state index contributed by atoms with van der Waals surface area (Å²) in [6.07, 6.45) is -4.58. The van der Waals surface area contributed by atoms with Crippen molar-refractivity contribution in [2.45, 2.75) is 11.1 Å². The van der Waals surface area contributed by atoms with Crippen molar-refractivity contribution in [3.63, 3.8) is 0 Å². The first-order valence-electron chi connectivity index (χ1n) is 3.77. The number of nitrogens with one attached hydrogen (secondary N) is 1. The predicted molar refractivity (Wildman–Crippen MR) is 51.0 cm³/mol. The van der Waals surface area contributed by atoms with Gasteiger partial charge >= 0.3 is 6.18 Å². The maximum atomic E-state index is 12.2. The van der Waals surface area contributed by atoms with Gasteiger partial charge in [-0.25, -0.2) is 8.42 Å². The molecule has 1 aromatic carbocycles. The normalized spacial score (nSPS) is 12.8. The van der Waals surface area contributed by atoms with Crippen LogP contribution in [-0.2, 0) is 16.2 Å². The molecular formula is C7H6ClF3N2O2S. The summed E-state index contributed by atoms with van der Waals surface area (Å²) in [6.45, 7) is 0. The van der Waals surface area contributed by atoms with E-state index in [4.69, 9.17) is 17.4 Å². The number of nitrogens with two attached hydrogens (primary N) is 1. The summed E-state index contributed by atoms with van der Waals surface area (Å²) < 4.78 is 59.1. The van der Waals surface area contributed by atoms with E-state index in [1.807, 2.05) is 0 Å². The Kier molecular flexibility index (Phi) is 3.48. The Labute approximate surface area is 94.2 Å². The Balaban J connectivity index is 3.32. The first kappa shape index (κ1) is 13.2. The molecule has 0 aromatic heterocycles. The van der Waals surface area contributed by atoms with Crippen LogP contribution in [0.5, 0.6) is 0 Å². The van der Waals surface area contributed by atoms with Gasteiger partial charge in [0.1, 0.15) is 4.90 Å². The lowest BCUT2D eigenvalue weighted by molar-refractivity contribution is -0.137. The molecule has 0 unspecified atom stereocenters. The van der Waals surface area contributed by atoms with Gasteiger partial charge in [-0.05, 0) is 18.2 Å². The van der Waals surface area contributed by atoms with Gasteiger partial charge in [-0.2, -0.15) is 18.0 Å². The van der Waals surface area contributed by atoms with Crippen LogP contribution in [0, 0.1) is 0 Å². The average molecular weight is 275 g/mol. The molecule has 0 aliphatic heterocycles. The Morgan fingerprint density at radius 3 is 2.25 bits per heavy atom. The maximum absolute atomic E-state index is 12.2. The average Bonchev–Trinajstić information content (AvgIpc) is 2.16. The lowest BCUT2D eigenvalue weighted by atomic mass is 10.2. The van der Waals surface area contributed by atoms with Gasteiger partial charge in [0.15, 0.2) is 0 Å². The summed E-state index contributed by atoms with van der Waals surface area (Å²) in [4.78, 5) is 0.954. The third-order valence-corrected chi connectivity index (χ3v) is 3.37. The van der Waals surface area contributed by atoms with Crippen molar-refractivity contribution in [1.82, 2.24) is 4.83 Å². The van der Waals surface area contributed by atoms with Crippen LogP contribution in [0.15, 0.2) is 23.1 Å². The van der Waals surface area contributed by atoms with E-state index in [0.717, 1.165) is 6.07 Å². The molecule has 16 heavy (non-hydrogen) atoms. The molecule has 0 aliphatic rings. The van der Waals surface area contributed by atoms with Gasteiger partial charge in [0.2, 0.25) is 0 Å². The fourth-order valence-electron chi connectivity index (χ4n) is 0.959. The monoisotopic (exact) mass is 274 g/mol. The van der Waals surface area contributed by atoms with Crippen LogP contribution in [0.2, 0.25) is 5.02 Å². The second kappa shape index (κ2) is 4.21. The summed E-state index contributed by atoms with van der Waals surface area (Å²) in [5.41, 5.74) is -1.03. The van der Waals surface area contributed by atoms with Gasteiger partial charge in [-0.15, -0.1) is 0 Å². The minimum absolute atomic E-state index is 0.510. The molecule has 9 heteroatoms. The highest BCUT2D eigenvalue weighted by molar-refractivity contribution is 7.89. The SMILES string of the molecule is NNS(=O)(=O)c1ccc(C(F)(F)F)cc1Cl. The maximum Gasteiger partial charge on any atom is 0.416 e. The Morgan fingerprint density at radius 1 is 1.31 bits per heavy atom. The van der Waals surface area contributed by atoms with Gasteiger partial charge in [0.05, 0.1) is 10.6 Å². The lowest BCUT2D eigenvalue weighted by Gasteiger charge is -2.09. The molecule has 0 amide bonds. The summed E-state index contributed by atoms with van der Waals surface area (Å²) >= 11 is 5.42. The Hall–Kier alpha value is -0.830. The van der Waals surface area contributed by atoms with Crippen molar-refractivity contribution in [1.29, 1.82) is 0 Å². The molecule has 0 saturated heterocycles. The van der Waals surface area contributed by atoms with Gasteiger partial charge in [0.25, 0.3) is 10.0 Å². The van der Waals surface area contributed by atoms with E-state index in [0.29, 0.717) is 12.1 Å². The molecule has 0 saturated carbocycles. The van der Waals surface area contributed by atoms with Crippen LogP contribution in [0.3, 0.4) is 0 Å². The van der Waals surface area contributed by atoms with E-state index in [2.05, 4.69) is 0 Å². The molecule has 0 atom stereocenters. The summed E-state index contributed by atoms with van der Waals surface area (Å²) in [5.74, 6) is 4.71. The predicted octanol–water partition coefficient (Wildman–Crippen LogP) is 1.51. The highest BCUT2D eigenvalue weighted by atomic mass is 35.5. The first-order chi connectivity index (χ1) is 7.18. The molecule has 90 valence electrons. The van der Waals surface area contributed by atoms with E-state index in [9.17, 15) is 21.6 Å². The van der Waals surface area contributed by atoms with E-state index >= 15 is 0 Å². The van der Waals surface area contributed by atoms with E-state index in [-0.39, 0.29) is 0 Å². The van der Waals surface area contributed by atoms with Crippen LogP contribution in [-0.4, -0.2) is 8.42 Å². The fraction of sp³-hybridized carbons (Fsp3) is 0.143. The number of rotatable bonds is 2. The van der Waals surface area contributed by atoms with Gasteiger partial charge in [0, 0.05) is 0 Å². The Bertz CT molecular complexity index is 501.